The summed E-state index contributed by atoms with van der Waals surface area (Å²) in [7, 11) is 0. The third kappa shape index (κ3) is 3.15. The number of Topliss-reactive ketones (excluding diaryl/α,β-unsaturated/α-hetero) is 1. The van der Waals surface area contributed by atoms with Crippen molar-refractivity contribution in [1.82, 2.24) is 0 Å². The van der Waals surface area contributed by atoms with Crippen LogP contribution in [0.5, 0.6) is 0 Å². The Kier molecular flexibility index (Phi) is 4.46. The minimum atomic E-state index is -0.804. The van der Waals surface area contributed by atoms with E-state index in [4.69, 9.17) is 10.8 Å². The van der Waals surface area contributed by atoms with Crippen LogP contribution in [0.3, 0.4) is 0 Å². The van der Waals surface area contributed by atoms with Crippen molar-refractivity contribution < 1.29 is 9.90 Å². The lowest BCUT2D eigenvalue weighted by Gasteiger charge is -2.07. The normalized spacial score (nSPS) is 12.5. The molecule has 0 aliphatic carbocycles. The van der Waals surface area contributed by atoms with Crippen LogP contribution in [-0.2, 0) is 6.42 Å². The summed E-state index contributed by atoms with van der Waals surface area (Å²) in [5.74, 6) is -0.208. The van der Waals surface area contributed by atoms with Crippen molar-refractivity contribution >= 4 is 5.78 Å². The lowest BCUT2D eigenvalue weighted by atomic mass is 10.0. The van der Waals surface area contributed by atoms with Crippen molar-refractivity contribution in [3.63, 3.8) is 0 Å². The van der Waals surface area contributed by atoms with Crippen molar-refractivity contribution in [1.29, 1.82) is 0 Å². The zero-order valence-corrected chi connectivity index (χ0v) is 8.94. The third-order valence-electron chi connectivity index (χ3n) is 2.31. The van der Waals surface area contributed by atoms with Gasteiger partial charge in [0.05, 0.1) is 12.6 Å². The second-order valence-corrected chi connectivity index (χ2v) is 3.60. The molecule has 0 fully saturated rings. The van der Waals surface area contributed by atoms with Crippen LogP contribution in [0, 0.1) is 0 Å². The van der Waals surface area contributed by atoms with E-state index in [2.05, 4.69) is 6.92 Å². The first kappa shape index (κ1) is 11.9. The van der Waals surface area contributed by atoms with Crippen LogP contribution in [0.15, 0.2) is 24.3 Å². The van der Waals surface area contributed by atoms with Gasteiger partial charge in [-0.15, -0.1) is 0 Å². The first-order chi connectivity index (χ1) is 7.19. The van der Waals surface area contributed by atoms with Gasteiger partial charge in [0.15, 0.2) is 5.78 Å². The molecule has 0 spiro atoms. The second-order valence-electron chi connectivity index (χ2n) is 3.60. The maximum atomic E-state index is 11.6. The molecule has 3 heteroatoms. The highest BCUT2D eigenvalue weighted by Crippen LogP contribution is 2.08. The van der Waals surface area contributed by atoms with Crippen LogP contribution < -0.4 is 5.73 Å². The Labute approximate surface area is 89.9 Å². The topological polar surface area (TPSA) is 63.3 Å². The van der Waals surface area contributed by atoms with Crippen molar-refractivity contribution in [2.24, 2.45) is 5.73 Å². The third-order valence-corrected chi connectivity index (χ3v) is 2.31. The molecule has 0 saturated carbocycles. The molecule has 3 nitrogen and oxygen atoms in total. The predicted octanol–water partition coefficient (Wildman–Crippen LogP) is 1.14. The Morgan fingerprint density at radius 2 is 2.00 bits per heavy atom. The van der Waals surface area contributed by atoms with Gasteiger partial charge in [0, 0.05) is 5.56 Å². The fourth-order valence-electron chi connectivity index (χ4n) is 1.42. The van der Waals surface area contributed by atoms with Gasteiger partial charge in [0.1, 0.15) is 0 Å². The summed E-state index contributed by atoms with van der Waals surface area (Å²) in [4.78, 5) is 11.6. The van der Waals surface area contributed by atoms with E-state index in [1.54, 1.807) is 12.1 Å². The SMILES string of the molecule is CCCc1ccc(C(=O)C(N)CO)cc1. The highest BCUT2D eigenvalue weighted by Gasteiger charge is 2.13. The lowest BCUT2D eigenvalue weighted by molar-refractivity contribution is 0.0925. The highest BCUT2D eigenvalue weighted by atomic mass is 16.3. The molecule has 0 radical (unpaired) electrons. The maximum absolute atomic E-state index is 11.6. The van der Waals surface area contributed by atoms with Gasteiger partial charge in [0.25, 0.3) is 0 Å². The van der Waals surface area contributed by atoms with Crippen molar-refractivity contribution in [2.75, 3.05) is 6.61 Å². The van der Waals surface area contributed by atoms with Gasteiger partial charge in [-0.2, -0.15) is 0 Å². The molecule has 1 aromatic rings. The van der Waals surface area contributed by atoms with Crippen LogP contribution in [0.4, 0.5) is 0 Å². The average molecular weight is 207 g/mol. The Hall–Kier alpha value is -1.19. The standard InChI is InChI=1S/C12H17NO2/c1-2-3-9-4-6-10(7-5-9)12(15)11(13)8-14/h4-7,11,14H,2-3,8,13H2,1H3. The number of ketones is 1. The van der Waals surface area contributed by atoms with Crippen molar-refractivity contribution in [2.45, 2.75) is 25.8 Å². The molecule has 1 rings (SSSR count). The van der Waals surface area contributed by atoms with Crippen LogP contribution in [0.2, 0.25) is 0 Å². The number of aliphatic hydroxyl groups excluding tert-OH is 1. The van der Waals surface area contributed by atoms with E-state index >= 15 is 0 Å². The van der Waals surface area contributed by atoms with E-state index in [1.807, 2.05) is 12.1 Å². The molecule has 0 bridgehead atoms. The average Bonchev–Trinajstić information content (AvgIpc) is 2.28. The van der Waals surface area contributed by atoms with E-state index in [0.717, 1.165) is 12.8 Å². The van der Waals surface area contributed by atoms with Crippen LogP contribution >= 0.6 is 0 Å². The summed E-state index contributed by atoms with van der Waals surface area (Å²) < 4.78 is 0. The smallest absolute Gasteiger partial charge is 0.181 e. The largest absolute Gasteiger partial charge is 0.394 e. The molecule has 15 heavy (non-hydrogen) atoms. The summed E-state index contributed by atoms with van der Waals surface area (Å²) >= 11 is 0. The summed E-state index contributed by atoms with van der Waals surface area (Å²) in [6, 6.07) is 6.59. The zero-order valence-electron chi connectivity index (χ0n) is 8.94. The fourth-order valence-corrected chi connectivity index (χ4v) is 1.42. The number of hydrogen-bond donors (Lipinski definition) is 2. The highest BCUT2D eigenvalue weighted by molar-refractivity contribution is 6.00. The number of rotatable bonds is 5. The van der Waals surface area contributed by atoms with Gasteiger partial charge in [-0.05, 0) is 12.0 Å². The minimum Gasteiger partial charge on any atom is -0.394 e. The molecule has 0 heterocycles. The minimum absolute atomic E-state index is 0.208. The van der Waals surface area contributed by atoms with E-state index in [1.165, 1.54) is 5.56 Å². The molecule has 3 N–H and O–H groups in total. The van der Waals surface area contributed by atoms with E-state index in [9.17, 15) is 4.79 Å². The first-order valence-electron chi connectivity index (χ1n) is 5.18. The number of hydrogen-bond acceptors (Lipinski definition) is 3. The number of aliphatic hydroxyl groups is 1. The number of carbonyl (C=O) groups excluding carboxylic acids is 1. The monoisotopic (exact) mass is 207 g/mol. The summed E-state index contributed by atoms with van der Waals surface area (Å²) in [6.45, 7) is 1.80. The summed E-state index contributed by atoms with van der Waals surface area (Å²) in [5, 5.41) is 8.76. The van der Waals surface area contributed by atoms with Gasteiger partial charge >= 0.3 is 0 Å². The Balaban J connectivity index is 2.75. The molecular weight excluding hydrogens is 190 g/mol. The molecule has 1 aromatic carbocycles. The van der Waals surface area contributed by atoms with E-state index < -0.39 is 6.04 Å². The second kappa shape index (κ2) is 5.63. The molecule has 0 saturated heterocycles. The predicted molar refractivity (Wildman–Crippen MR) is 59.8 cm³/mol. The quantitative estimate of drug-likeness (QED) is 0.712. The lowest BCUT2D eigenvalue weighted by Crippen LogP contribution is -2.33. The van der Waals surface area contributed by atoms with Gasteiger partial charge in [-0.3, -0.25) is 4.79 Å². The number of aryl methyl sites for hydroxylation is 1. The Morgan fingerprint density at radius 1 is 1.40 bits per heavy atom. The van der Waals surface area contributed by atoms with Crippen LogP contribution in [0.1, 0.15) is 29.3 Å². The molecule has 0 aliphatic heterocycles. The van der Waals surface area contributed by atoms with Gasteiger partial charge in [-0.25, -0.2) is 0 Å². The van der Waals surface area contributed by atoms with Crippen LogP contribution in [-0.4, -0.2) is 23.5 Å². The summed E-state index contributed by atoms with van der Waals surface area (Å²) in [6.07, 6.45) is 2.10. The molecular formula is C12H17NO2. The number of nitrogens with two attached hydrogens (primary N) is 1. The fraction of sp³-hybridized carbons (Fsp3) is 0.417. The number of benzene rings is 1. The van der Waals surface area contributed by atoms with Crippen molar-refractivity contribution in [3.8, 4) is 0 Å². The van der Waals surface area contributed by atoms with Crippen LogP contribution in [0.25, 0.3) is 0 Å². The van der Waals surface area contributed by atoms with Gasteiger partial charge in [-0.1, -0.05) is 37.6 Å². The molecule has 0 amide bonds. The first-order valence-corrected chi connectivity index (χ1v) is 5.18. The molecule has 1 atom stereocenters. The van der Waals surface area contributed by atoms with E-state index in [0.29, 0.717) is 5.56 Å². The van der Waals surface area contributed by atoms with Gasteiger partial charge in [0.2, 0.25) is 0 Å². The number of carbonyl (C=O) groups is 1. The molecule has 1 unspecified atom stereocenters. The maximum Gasteiger partial charge on any atom is 0.181 e. The van der Waals surface area contributed by atoms with Gasteiger partial charge < -0.3 is 10.8 Å². The Morgan fingerprint density at radius 3 is 2.47 bits per heavy atom. The molecule has 0 aliphatic rings. The molecule has 0 aromatic heterocycles. The summed E-state index contributed by atoms with van der Waals surface area (Å²) in [5.41, 5.74) is 7.23. The van der Waals surface area contributed by atoms with Crippen molar-refractivity contribution in [3.05, 3.63) is 35.4 Å². The zero-order chi connectivity index (χ0) is 11.3. The Bertz CT molecular complexity index is 319. The molecule has 82 valence electrons. The van der Waals surface area contributed by atoms with E-state index in [-0.39, 0.29) is 12.4 Å².